The summed E-state index contributed by atoms with van der Waals surface area (Å²) in [6.45, 7) is 1.82. The Morgan fingerprint density at radius 1 is 1.12 bits per heavy atom. The number of rotatable bonds is 3. The van der Waals surface area contributed by atoms with Crippen LogP contribution in [0, 0.1) is 0 Å². The number of likely N-dealkylation sites (N-methyl/N-ethyl adjacent to an activating group) is 1. The van der Waals surface area contributed by atoms with Crippen molar-refractivity contribution in [3.8, 4) is 0 Å². The minimum absolute atomic E-state index is 0.0845. The van der Waals surface area contributed by atoms with Gasteiger partial charge in [-0.3, -0.25) is 9.69 Å². The first-order chi connectivity index (χ1) is 8.11. The predicted octanol–water partition coefficient (Wildman–Crippen LogP) is 2.56. The molecule has 4 nitrogen and oxygen atoms in total. The van der Waals surface area contributed by atoms with E-state index < -0.39 is 0 Å². The van der Waals surface area contributed by atoms with Crippen molar-refractivity contribution in [3.05, 3.63) is 47.2 Å². The second kappa shape index (κ2) is 4.59. The van der Waals surface area contributed by atoms with Crippen molar-refractivity contribution in [1.82, 2.24) is 4.90 Å². The van der Waals surface area contributed by atoms with Gasteiger partial charge in [-0.15, -0.1) is 5.11 Å². The average molecular weight is 229 g/mol. The molecule has 1 atom stereocenters. The minimum atomic E-state index is -0.231. The van der Waals surface area contributed by atoms with Crippen LogP contribution in [0.2, 0.25) is 0 Å². The van der Waals surface area contributed by atoms with Crippen LogP contribution in [-0.4, -0.2) is 24.9 Å². The van der Waals surface area contributed by atoms with Gasteiger partial charge in [-0.2, -0.15) is 5.11 Å². The minimum Gasteiger partial charge on any atom is -0.298 e. The van der Waals surface area contributed by atoms with Crippen molar-refractivity contribution < 1.29 is 4.79 Å². The van der Waals surface area contributed by atoms with E-state index >= 15 is 0 Å². The smallest absolute Gasteiger partial charge is 0.295 e. The maximum atomic E-state index is 11.8. The molecule has 88 valence electrons. The molecule has 1 unspecified atom stereocenters. The number of hydrogen-bond acceptors (Lipinski definition) is 3. The fraction of sp³-hybridized carbons (Fsp3) is 0.308. The molecule has 0 fully saturated rings. The Kier molecular flexibility index (Phi) is 3.15. The van der Waals surface area contributed by atoms with Gasteiger partial charge in [0.1, 0.15) is 0 Å². The Balaban J connectivity index is 2.45. The van der Waals surface area contributed by atoms with E-state index in [9.17, 15) is 4.79 Å². The standard InChI is InChI=1S/C13H15N3O/c1-9-11(13(17)15-14-9)12(16(2)3)10-7-5-4-6-8-10/h4-8,12H,1-3H3. The Morgan fingerprint density at radius 3 is 2.24 bits per heavy atom. The third-order valence-electron chi connectivity index (χ3n) is 2.82. The van der Waals surface area contributed by atoms with Gasteiger partial charge in [0.2, 0.25) is 0 Å². The number of carbonyl (C=O) groups is 1. The highest BCUT2D eigenvalue weighted by molar-refractivity contribution is 5.97. The van der Waals surface area contributed by atoms with E-state index in [1.807, 2.05) is 56.3 Å². The largest absolute Gasteiger partial charge is 0.298 e. The molecule has 1 aliphatic rings. The summed E-state index contributed by atoms with van der Waals surface area (Å²) in [5.74, 6) is -0.231. The van der Waals surface area contributed by atoms with Gasteiger partial charge >= 0.3 is 0 Å². The highest BCUT2D eigenvalue weighted by Crippen LogP contribution is 2.32. The highest BCUT2D eigenvalue weighted by atomic mass is 16.2. The lowest BCUT2D eigenvalue weighted by molar-refractivity contribution is -0.115. The number of benzene rings is 1. The van der Waals surface area contributed by atoms with E-state index in [4.69, 9.17) is 0 Å². The number of hydrogen-bond donors (Lipinski definition) is 0. The molecule has 1 heterocycles. The average Bonchev–Trinajstić information content (AvgIpc) is 2.62. The monoisotopic (exact) mass is 229 g/mol. The topological polar surface area (TPSA) is 45.0 Å². The molecule has 0 aromatic heterocycles. The summed E-state index contributed by atoms with van der Waals surface area (Å²) >= 11 is 0. The fourth-order valence-corrected chi connectivity index (χ4v) is 2.06. The molecule has 0 saturated heterocycles. The lowest BCUT2D eigenvalue weighted by Crippen LogP contribution is -2.24. The quantitative estimate of drug-likeness (QED) is 0.799. The zero-order valence-electron chi connectivity index (χ0n) is 10.2. The van der Waals surface area contributed by atoms with Gasteiger partial charge in [0, 0.05) is 0 Å². The zero-order valence-corrected chi connectivity index (χ0v) is 10.2. The van der Waals surface area contributed by atoms with Gasteiger partial charge in [0.15, 0.2) is 0 Å². The molecule has 0 spiro atoms. The molecule has 4 heteroatoms. The van der Waals surface area contributed by atoms with E-state index in [-0.39, 0.29) is 11.9 Å². The van der Waals surface area contributed by atoms with Crippen LogP contribution >= 0.6 is 0 Å². The number of nitrogens with zero attached hydrogens (tertiary/aromatic N) is 3. The van der Waals surface area contributed by atoms with Crippen LogP contribution in [0.15, 0.2) is 51.8 Å². The lowest BCUT2D eigenvalue weighted by Gasteiger charge is -2.25. The summed E-state index contributed by atoms with van der Waals surface area (Å²) in [4.78, 5) is 13.8. The number of carbonyl (C=O) groups excluding carboxylic acids is 1. The summed E-state index contributed by atoms with van der Waals surface area (Å²) < 4.78 is 0. The second-order valence-electron chi connectivity index (χ2n) is 4.28. The summed E-state index contributed by atoms with van der Waals surface area (Å²) in [7, 11) is 3.90. The van der Waals surface area contributed by atoms with Gasteiger partial charge in [-0.05, 0) is 26.6 Å². The van der Waals surface area contributed by atoms with Crippen molar-refractivity contribution in [2.75, 3.05) is 14.1 Å². The van der Waals surface area contributed by atoms with Crippen molar-refractivity contribution >= 4 is 5.91 Å². The Labute approximate surface area is 101 Å². The maximum absolute atomic E-state index is 11.8. The summed E-state index contributed by atoms with van der Waals surface area (Å²) in [6.07, 6.45) is 0. The van der Waals surface area contributed by atoms with Crippen LogP contribution < -0.4 is 0 Å². The number of allylic oxidation sites excluding steroid dienone is 1. The van der Waals surface area contributed by atoms with E-state index in [0.717, 1.165) is 5.56 Å². The zero-order chi connectivity index (χ0) is 12.4. The van der Waals surface area contributed by atoms with E-state index in [0.29, 0.717) is 11.3 Å². The molecule has 0 bridgehead atoms. The fourth-order valence-electron chi connectivity index (χ4n) is 2.06. The van der Waals surface area contributed by atoms with Crippen LogP contribution in [0.4, 0.5) is 0 Å². The summed E-state index contributed by atoms with van der Waals surface area (Å²) in [6, 6.07) is 9.83. The maximum Gasteiger partial charge on any atom is 0.295 e. The molecule has 1 aromatic carbocycles. The predicted molar refractivity (Wildman–Crippen MR) is 65.4 cm³/mol. The third-order valence-corrected chi connectivity index (χ3v) is 2.82. The number of azo groups is 1. The van der Waals surface area contributed by atoms with E-state index in [1.54, 1.807) is 0 Å². The summed E-state index contributed by atoms with van der Waals surface area (Å²) in [5, 5.41) is 7.47. The molecule has 1 aromatic rings. The van der Waals surface area contributed by atoms with Gasteiger partial charge in [0.05, 0.1) is 17.3 Å². The molecule has 0 radical (unpaired) electrons. The van der Waals surface area contributed by atoms with Crippen LogP contribution in [0.25, 0.3) is 0 Å². The molecular formula is C13H15N3O. The first-order valence-electron chi connectivity index (χ1n) is 5.49. The Bertz CT molecular complexity index is 489. The van der Waals surface area contributed by atoms with Crippen LogP contribution in [0.3, 0.4) is 0 Å². The van der Waals surface area contributed by atoms with Crippen molar-refractivity contribution in [1.29, 1.82) is 0 Å². The lowest BCUT2D eigenvalue weighted by atomic mass is 9.96. The summed E-state index contributed by atoms with van der Waals surface area (Å²) in [5.41, 5.74) is 2.45. The molecule has 0 N–H and O–H groups in total. The van der Waals surface area contributed by atoms with Gasteiger partial charge in [0.25, 0.3) is 5.91 Å². The molecule has 0 aliphatic carbocycles. The van der Waals surface area contributed by atoms with Gasteiger partial charge in [-0.25, -0.2) is 0 Å². The van der Waals surface area contributed by atoms with Crippen LogP contribution in [0.5, 0.6) is 0 Å². The molecule has 1 amide bonds. The van der Waals surface area contributed by atoms with Gasteiger partial charge in [-0.1, -0.05) is 30.3 Å². The van der Waals surface area contributed by atoms with Crippen molar-refractivity contribution in [3.63, 3.8) is 0 Å². The second-order valence-corrected chi connectivity index (χ2v) is 4.28. The van der Waals surface area contributed by atoms with Crippen molar-refractivity contribution in [2.24, 2.45) is 10.2 Å². The van der Waals surface area contributed by atoms with E-state index in [2.05, 4.69) is 10.2 Å². The molecule has 0 saturated carbocycles. The molecular weight excluding hydrogens is 214 g/mol. The Morgan fingerprint density at radius 2 is 1.76 bits per heavy atom. The van der Waals surface area contributed by atoms with Gasteiger partial charge < -0.3 is 0 Å². The molecule has 17 heavy (non-hydrogen) atoms. The first kappa shape index (κ1) is 11.7. The SMILES string of the molecule is CC1=C(C(c2ccccc2)N(C)C)C(=O)N=N1. The van der Waals surface area contributed by atoms with Crippen molar-refractivity contribution in [2.45, 2.75) is 13.0 Å². The van der Waals surface area contributed by atoms with E-state index in [1.165, 1.54) is 0 Å². The van der Waals surface area contributed by atoms with Crippen LogP contribution in [-0.2, 0) is 4.79 Å². The molecule has 1 aliphatic heterocycles. The molecule has 2 rings (SSSR count). The third kappa shape index (κ3) is 2.17. The Hall–Kier alpha value is -1.81. The number of amides is 1. The normalized spacial score (nSPS) is 17.1. The highest BCUT2D eigenvalue weighted by Gasteiger charge is 2.29. The first-order valence-corrected chi connectivity index (χ1v) is 5.49. The van der Waals surface area contributed by atoms with Crippen LogP contribution in [0.1, 0.15) is 18.5 Å².